The maximum Gasteiger partial charge on any atom is 0.0595 e. The van der Waals surface area contributed by atoms with Crippen LogP contribution >= 0.6 is 23.2 Å². The Labute approximate surface area is 119 Å². The van der Waals surface area contributed by atoms with Gasteiger partial charge in [0.05, 0.1) is 10.0 Å². The summed E-state index contributed by atoms with van der Waals surface area (Å²) < 4.78 is 0. The zero-order chi connectivity index (χ0) is 13.0. The largest absolute Gasteiger partial charge is 0.301 e. The fourth-order valence-electron chi connectivity index (χ4n) is 2.38. The third-order valence-corrected chi connectivity index (χ3v) is 4.13. The minimum atomic E-state index is 0.633. The van der Waals surface area contributed by atoms with Crippen molar-refractivity contribution >= 4 is 23.2 Å². The van der Waals surface area contributed by atoms with E-state index in [-0.39, 0.29) is 0 Å². The standard InChI is InChI=1S/C14H20Cl2N2/c1-2-5-17-6-8-18(9-7-17)11-12-3-4-13(15)14(16)10-12/h3-4,10H,2,5-9,11H2,1H3. The highest BCUT2D eigenvalue weighted by Gasteiger charge is 2.16. The van der Waals surface area contributed by atoms with E-state index in [4.69, 9.17) is 23.2 Å². The summed E-state index contributed by atoms with van der Waals surface area (Å²) in [5.74, 6) is 0. The van der Waals surface area contributed by atoms with Crippen LogP contribution in [0.4, 0.5) is 0 Å². The van der Waals surface area contributed by atoms with Crippen molar-refractivity contribution in [1.29, 1.82) is 0 Å². The van der Waals surface area contributed by atoms with Crippen molar-refractivity contribution in [2.75, 3.05) is 32.7 Å². The van der Waals surface area contributed by atoms with Crippen molar-refractivity contribution < 1.29 is 0 Å². The van der Waals surface area contributed by atoms with Gasteiger partial charge < -0.3 is 4.90 Å². The number of benzene rings is 1. The molecule has 1 heterocycles. The lowest BCUT2D eigenvalue weighted by atomic mass is 10.2. The Morgan fingerprint density at radius 2 is 1.67 bits per heavy atom. The average molecular weight is 287 g/mol. The number of halogens is 2. The first-order valence-corrected chi connectivity index (χ1v) is 7.33. The van der Waals surface area contributed by atoms with Crippen LogP contribution in [-0.2, 0) is 6.54 Å². The van der Waals surface area contributed by atoms with E-state index >= 15 is 0 Å². The molecule has 1 aliphatic heterocycles. The van der Waals surface area contributed by atoms with Crippen LogP contribution in [0.15, 0.2) is 18.2 Å². The van der Waals surface area contributed by atoms with E-state index in [1.807, 2.05) is 12.1 Å². The highest BCUT2D eigenvalue weighted by molar-refractivity contribution is 6.42. The summed E-state index contributed by atoms with van der Waals surface area (Å²) in [5.41, 5.74) is 1.24. The van der Waals surface area contributed by atoms with E-state index in [2.05, 4.69) is 22.8 Å². The molecule has 0 radical (unpaired) electrons. The van der Waals surface area contributed by atoms with Crippen LogP contribution in [0.3, 0.4) is 0 Å². The second-order valence-electron chi connectivity index (χ2n) is 4.87. The molecule has 1 fully saturated rings. The van der Waals surface area contributed by atoms with Crippen LogP contribution in [0.2, 0.25) is 10.0 Å². The Kier molecular flexibility index (Phi) is 5.31. The Morgan fingerprint density at radius 1 is 1.00 bits per heavy atom. The highest BCUT2D eigenvalue weighted by Crippen LogP contribution is 2.23. The number of rotatable bonds is 4. The molecule has 0 amide bonds. The lowest BCUT2D eigenvalue weighted by Crippen LogP contribution is -2.45. The molecule has 0 spiro atoms. The molecule has 0 atom stereocenters. The maximum absolute atomic E-state index is 6.04. The second-order valence-corrected chi connectivity index (χ2v) is 5.68. The molecular formula is C14H20Cl2N2. The van der Waals surface area contributed by atoms with Crippen LogP contribution in [0, 0.1) is 0 Å². The molecule has 1 aliphatic rings. The number of hydrogen-bond donors (Lipinski definition) is 0. The Balaban J connectivity index is 1.85. The normalized spacial score (nSPS) is 18.2. The first kappa shape index (κ1) is 14.1. The molecule has 0 bridgehead atoms. The van der Waals surface area contributed by atoms with Gasteiger partial charge in [0.15, 0.2) is 0 Å². The van der Waals surface area contributed by atoms with Gasteiger partial charge in [0.25, 0.3) is 0 Å². The summed E-state index contributed by atoms with van der Waals surface area (Å²) in [6.45, 7) is 9.06. The molecule has 1 aromatic carbocycles. The molecule has 4 heteroatoms. The van der Waals surface area contributed by atoms with E-state index < -0.39 is 0 Å². The summed E-state index contributed by atoms with van der Waals surface area (Å²) in [5, 5.41) is 1.28. The SMILES string of the molecule is CCCN1CCN(Cc2ccc(Cl)c(Cl)c2)CC1. The van der Waals surface area contributed by atoms with Crippen LogP contribution in [0.1, 0.15) is 18.9 Å². The van der Waals surface area contributed by atoms with E-state index in [0.717, 1.165) is 19.6 Å². The monoisotopic (exact) mass is 286 g/mol. The van der Waals surface area contributed by atoms with E-state index in [1.165, 1.54) is 31.6 Å². The fourth-order valence-corrected chi connectivity index (χ4v) is 2.70. The lowest BCUT2D eigenvalue weighted by Gasteiger charge is -2.34. The first-order valence-electron chi connectivity index (χ1n) is 6.57. The van der Waals surface area contributed by atoms with Crippen LogP contribution < -0.4 is 0 Å². The molecule has 0 aliphatic carbocycles. The zero-order valence-electron chi connectivity index (χ0n) is 10.8. The van der Waals surface area contributed by atoms with Gasteiger partial charge in [0.2, 0.25) is 0 Å². The van der Waals surface area contributed by atoms with Crippen LogP contribution in [0.25, 0.3) is 0 Å². The molecule has 1 saturated heterocycles. The Hall–Kier alpha value is -0.280. The molecule has 100 valence electrons. The molecule has 2 rings (SSSR count). The molecule has 18 heavy (non-hydrogen) atoms. The first-order chi connectivity index (χ1) is 8.69. The van der Waals surface area contributed by atoms with Gasteiger partial charge in [0, 0.05) is 32.7 Å². The Bertz CT molecular complexity index is 387. The smallest absolute Gasteiger partial charge is 0.0595 e. The Morgan fingerprint density at radius 3 is 2.28 bits per heavy atom. The third kappa shape index (κ3) is 3.86. The van der Waals surface area contributed by atoms with E-state index in [1.54, 1.807) is 0 Å². The summed E-state index contributed by atoms with van der Waals surface area (Å²) in [6, 6.07) is 5.92. The summed E-state index contributed by atoms with van der Waals surface area (Å²) >= 11 is 12.0. The third-order valence-electron chi connectivity index (χ3n) is 3.39. The maximum atomic E-state index is 6.04. The van der Waals surface area contributed by atoms with Crippen molar-refractivity contribution in [1.82, 2.24) is 9.80 Å². The van der Waals surface area contributed by atoms with Crippen molar-refractivity contribution in [2.45, 2.75) is 19.9 Å². The number of piperazine rings is 1. The van der Waals surface area contributed by atoms with Gasteiger partial charge in [-0.2, -0.15) is 0 Å². The molecule has 0 N–H and O–H groups in total. The molecule has 0 unspecified atom stereocenters. The van der Waals surface area contributed by atoms with Gasteiger partial charge in [-0.25, -0.2) is 0 Å². The van der Waals surface area contributed by atoms with Gasteiger partial charge in [-0.1, -0.05) is 36.2 Å². The summed E-state index contributed by atoms with van der Waals surface area (Å²) in [6.07, 6.45) is 1.24. The predicted molar refractivity (Wildman–Crippen MR) is 78.5 cm³/mol. The minimum Gasteiger partial charge on any atom is -0.301 e. The zero-order valence-corrected chi connectivity index (χ0v) is 12.3. The quantitative estimate of drug-likeness (QED) is 0.836. The van der Waals surface area contributed by atoms with Crippen LogP contribution in [0.5, 0.6) is 0 Å². The van der Waals surface area contributed by atoms with Crippen molar-refractivity contribution in [3.05, 3.63) is 33.8 Å². The molecule has 2 nitrogen and oxygen atoms in total. The lowest BCUT2D eigenvalue weighted by molar-refractivity contribution is 0.127. The number of hydrogen-bond acceptors (Lipinski definition) is 2. The van der Waals surface area contributed by atoms with Gasteiger partial charge in [0.1, 0.15) is 0 Å². The molecular weight excluding hydrogens is 267 g/mol. The average Bonchev–Trinajstić information content (AvgIpc) is 2.37. The van der Waals surface area contributed by atoms with Gasteiger partial charge in [-0.3, -0.25) is 4.90 Å². The highest BCUT2D eigenvalue weighted by atomic mass is 35.5. The van der Waals surface area contributed by atoms with Gasteiger partial charge in [-0.15, -0.1) is 0 Å². The van der Waals surface area contributed by atoms with Gasteiger partial charge >= 0.3 is 0 Å². The van der Waals surface area contributed by atoms with Crippen molar-refractivity contribution in [2.24, 2.45) is 0 Å². The summed E-state index contributed by atoms with van der Waals surface area (Å²) in [4.78, 5) is 5.01. The van der Waals surface area contributed by atoms with E-state index in [9.17, 15) is 0 Å². The van der Waals surface area contributed by atoms with Crippen molar-refractivity contribution in [3.8, 4) is 0 Å². The predicted octanol–water partition coefficient (Wildman–Crippen LogP) is 3.52. The minimum absolute atomic E-state index is 0.633. The second kappa shape index (κ2) is 6.76. The molecule has 0 saturated carbocycles. The number of nitrogens with zero attached hydrogens (tertiary/aromatic N) is 2. The topological polar surface area (TPSA) is 6.48 Å². The van der Waals surface area contributed by atoms with Crippen LogP contribution in [-0.4, -0.2) is 42.5 Å². The van der Waals surface area contributed by atoms with Crippen molar-refractivity contribution in [3.63, 3.8) is 0 Å². The fraction of sp³-hybridized carbons (Fsp3) is 0.571. The van der Waals surface area contributed by atoms with E-state index in [0.29, 0.717) is 10.0 Å². The van der Waals surface area contributed by atoms with Gasteiger partial charge in [-0.05, 0) is 30.7 Å². The molecule has 1 aromatic rings. The molecule has 0 aromatic heterocycles. The summed E-state index contributed by atoms with van der Waals surface area (Å²) in [7, 11) is 0.